The molecule has 0 spiro atoms. The smallest absolute Gasteiger partial charge is 0.237 e. The minimum Gasteiger partial charge on any atom is -0.325 e. The fourth-order valence-corrected chi connectivity index (χ4v) is 4.15. The summed E-state index contributed by atoms with van der Waals surface area (Å²) < 4.78 is 2.30. The van der Waals surface area contributed by atoms with Crippen LogP contribution in [0.2, 0.25) is 0 Å². The van der Waals surface area contributed by atoms with E-state index in [-0.39, 0.29) is 11.2 Å². The van der Waals surface area contributed by atoms with E-state index < -0.39 is 0 Å². The highest BCUT2D eigenvalue weighted by atomic mass is 32.2. The number of anilines is 1. The van der Waals surface area contributed by atoms with Gasteiger partial charge in [0.1, 0.15) is 5.82 Å². The van der Waals surface area contributed by atoms with Crippen LogP contribution in [0.15, 0.2) is 29.4 Å². The van der Waals surface area contributed by atoms with Crippen molar-refractivity contribution in [2.45, 2.75) is 74.7 Å². The molecule has 1 N–H and O–H groups in total. The molecule has 2 aliphatic rings. The Morgan fingerprint density at radius 1 is 1.15 bits per heavy atom. The molecule has 26 heavy (non-hydrogen) atoms. The van der Waals surface area contributed by atoms with Crippen LogP contribution in [-0.2, 0) is 4.79 Å². The maximum atomic E-state index is 12.8. The van der Waals surface area contributed by atoms with Crippen LogP contribution in [0.25, 0.3) is 0 Å². The van der Waals surface area contributed by atoms with Crippen molar-refractivity contribution in [2.75, 3.05) is 5.32 Å². The van der Waals surface area contributed by atoms with E-state index in [1.807, 2.05) is 25.1 Å². The summed E-state index contributed by atoms with van der Waals surface area (Å²) in [4.78, 5) is 12.8. The summed E-state index contributed by atoms with van der Waals surface area (Å²) in [5, 5.41) is 12.6. The lowest BCUT2D eigenvalue weighted by Crippen LogP contribution is -2.23. The number of hydrogen-bond donors (Lipinski definition) is 1. The summed E-state index contributed by atoms with van der Waals surface area (Å²) in [5.41, 5.74) is 2.07. The largest absolute Gasteiger partial charge is 0.325 e. The second-order valence-corrected chi connectivity index (χ2v) is 9.02. The first kappa shape index (κ1) is 17.6. The van der Waals surface area contributed by atoms with Crippen molar-refractivity contribution in [3.63, 3.8) is 0 Å². The highest BCUT2D eigenvalue weighted by molar-refractivity contribution is 8.00. The lowest BCUT2D eigenvalue weighted by Gasteiger charge is -2.16. The van der Waals surface area contributed by atoms with Crippen LogP contribution in [0.4, 0.5) is 5.69 Å². The number of rotatable bonds is 7. The number of carbonyl (C=O) groups excluding carboxylic acids is 1. The van der Waals surface area contributed by atoms with Crippen LogP contribution in [-0.4, -0.2) is 25.9 Å². The molecule has 1 atom stereocenters. The van der Waals surface area contributed by atoms with Crippen LogP contribution in [0.3, 0.4) is 0 Å². The molecule has 1 aromatic heterocycles. The van der Waals surface area contributed by atoms with Gasteiger partial charge in [0.2, 0.25) is 5.91 Å². The van der Waals surface area contributed by atoms with E-state index in [1.165, 1.54) is 37.4 Å². The molecule has 0 saturated heterocycles. The molecule has 2 fully saturated rings. The van der Waals surface area contributed by atoms with Gasteiger partial charge in [0, 0.05) is 17.6 Å². The molecule has 1 amide bonds. The first-order chi connectivity index (χ1) is 12.5. The molecule has 6 heteroatoms. The molecular formula is C20H26N4OS. The average molecular weight is 371 g/mol. The number of hydrogen-bond acceptors (Lipinski definition) is 4. The summed E-state index contributed by atoms with van der Waals surface area (Å²) in [5.74, 6) is 2.10. The average Bonchev–Trinajstić information content (AvgIpc) is 3.54. The maximum Gasteiger partial charge on any atom is 0.237 e. The third kappa shape index (κ3) is 3.65. The summed E-state index contributed by atoms with van der Waals surface area (Å²) in [6, 6.07) is 8.57. The molecule has 0 radical (unpaired) electrons. The number of carbonyl (C=O) groups is 1. The standard InChI is InChI=1S/C20H26N4OS/c1-12(2)16-6-4-5-7-17(16)21-19(25)13(3)26-20-23-22-18(14-8-9-14)24(20)15-10-11-15/h4-7,12-15H,8-11H2,1-3H3,(H,21,25)/t13-/m1/s1. The molecular weight excluding hydrogens is 344 g/mol. The number of para-hydroxylation sites is 1. The maximum absolute atomic E-state index is 12.8. The number of amides is 1. The van der Waals surface area contributed by atoms with E-state index in [0.717, 1.165) is 22.2 Å². The van der Waals surface area contributed by atoms with E-state index in [9.17, 15) is 4.79 Å². The van der Waals surface area contributed by atoms with E-state index in [0.29, 0.717) is 17.9 Å². The third-order valence-corrected chi connectivity index (χ3v) is 6.09. The zero-order valence-corrected chi connectivity index (χ0v) is 16.4. The molecule has 2 saturated carbocycles. The molecule has 2 aliphatic carbocycles. The molecule has 4 rings (SSSR count). The van der Waals surface area contributed by atoms with Gasteiger partial charge in [-0.2, -0.15) is 0 Å². The summed E-state index contributed by atoms with van der Waals surface area (Å²) in [6.45, 7) is 6.22. The van der Waals surface area contributed by atoms with E-state index in [2.05, 4.69) is 40.0 Å². The normalized spacial score (nSPS) is 18.2. The zero-order valence-electron chi connectivity index (χ0n) is 15.6. The fraction of sp³-hybridized carbons (Fsp3) is 0.550. The Labute approximate surface area is 159 Å². The second kappa shape index (κ2) is 7.06. The van der Waals surface area contributed by atoms with Gasteiger partial charge in [-0.3, -0.25) is 4.79 Å². The molecule has 5 nitrogen and oxygen atoms in total. The highest BCUT2D eigenvalue weighted by Crippen LogP contribution is 2.46. The van der Waals surface area contributed by atoms with E-state index in [1.54, 1.807) is 0 Å². The quantitative estimate of drug-likeness (QED) is 0.716. The SMILES string of the molecule is CC(C)c1ccccc1NC(=O)[C@@H](C)Sc1nnc(C2CC2)n1C1CC1. The monoisotopic (exact) mass is 370 g/mol. The van der Waals surface area contributed by atoms with Crippen LogP contribution in [0.5, 0.6) is 0 Å². The summed E-state index contributed by atoms with van der Waals surface area (Å²) in [6.07, 6.45) is 4.84. The van der Waals surface area contributed by atoms with Gasteiger partial charge < -0.3 is 9.88 Å². The summed E-state index contributed by atoms with van der Waals surface area (Å²) >= 11 is 1.52. The minimum atomic E-state index is -0.219. The van der Waals surface area contributed by atoms with Gasteiger partial charge >= 0.3 is 0 Å². The number of thioether (sulfide) groups is 1. The third-order valence-electron chi connectivity index (χ3n) is 5.04. The Kier molecular flexibility index (Phi) is 4.78. The molecule has 1 aromatic carbocycles. The molecule has 0 unspecified atom stereocenters. The lowest BCUT2D eigenvalue weighted by molar-refractivity contribution is -0.115. The first-order valence-electron chi connectivity index (χ1n) is 9.55. The predicted molar refractivity (Wildman–Crippen MR) is 105 cm³/mol. The van der Waals surface area contributed by atoms with Gasteiger partial charge in [-0.15, -0.1) is 10.2 Å². The number of aromatic nitrogens is 3. The Bertz CT molecular complexity index is 808. The molecule has 0 bridgehead atoms. The van der Waals surface area contributed by atoms with Gasteiger partial charge in [-0.1, -0.05) is 43.8 Å². The minimum absolute atomic E-state index is 0.0152. The van der Waals surface area contributed by atoms with Gasteiger partial charge in [0.15, 0.2) is 5.16 Å². The number of benzene rings is 1. The van der Waals surface area contributed by atoms with Crippen molar-refractivity contribution < 1.29 is 4.79 Å². The van der Waals surface area contributed by atoms with E-state index >= 15 is 0 Å². The van der Waals surface area contributed by atoms with Gasteiger partial charge in [0.25, 0.3) is 0 Å². The van der Waals surface area contributed by atoms with Crippen LogP contribution >= 0.6 is 11.8 Å². The van der Waals surface area contributed by atoms with Crippen LogP contribution in [0.1, 0.15) is 75.7 Å². The Hall–Kier alpha value is -1.82. The molecule has 1 heterocycles. The highest BCUT2D eigenvalue weighted by Gasteiger charge is 2.37. The Morgan fingerprint density at radius 3 is 2.54 bits per heavy atom. The van der Waals surface area contributed by atoms with Gasteiger partial charge in [-0.05, 0) is 50.2 Å². The van der Waals surface area contributed by atoms with Crippen molar-refractivity contribution in [2.24, 2.45) is 0 Å². The van der Waals surface area contributed by atoms with Gasteiger partial charge in [0.05, 0.1) is 5.25 Å². The predicted octanol–water partition coefficient (Wildman–Crippen LogP) is 4.73. The van der Waals surface area contributed by atoms with Crippen molar-refractivity contribution in [3.8, 4) is 0 Å². The number of nitrogens with one attached hydrogen (secondary N) is 1. The summed E-state index contributed by atoms with van der Waals surface area (Å²) in [7, 11) is 0. The molecule has 138 valence electrons. The number of nitrogens with zero attached hydrogens (tertiary/aromatic N) is 3. The topological polar surface area (TPSA) is 59.8 Å². The second-order valence-electron chi connectivity index (χ2n) is 7.71. The van der Waals surface area contributed by atoms with Crippen LogP contribution < -0.4 is 5.32 Å². The van der Waals surface area contributed by atoms with Gasteiger partial charge in [-0.25, -0.2) is 0 Å². The van der Waals surface area contributed by atoms with Crippen LogP contribution in [0, 0.1) is 0 Å². The fourth-order valence-electron chi connectivity index (χ4n) is 3.22. The van der Waals surface area contributed by atoms with E-state index in [4.69, 9.17) is 0 Å². The van der Waals surface area contributed by atoms with Crippen molar-refractivity contribution >= 4 is 23.4 Å². The van der Waals surface area contributed by atoms with Crippen molar-refractivity contribution in [1.29, 1.82) is 0 Å². The zero-order chi connectivity index (χ0) is 18.3. The first-order valence-corrected chi connectivity index (χ1v) is 10.4. The lowest BCUT2D eigenvalue weighted by atomic mass is 10.0. The molecule has 2 aromatic rings. The molecule has 0 aliphatic heterocycles. The Balaban J connectivity index is 1.47. The van der Waals surface area contributed by atoms with Crippen molar-refractivity contribution in [1.82, 2.24) is 14.8 Å². The van der Waals surface area contributed by atoms with Crippen molar-refractivity contribution in [3.05, 3.63) is 35.7 Å². The Morgan fingerprint density at radius 2 is 1.88 bits per heavy atom.